The lowest BCUT2D eigenvalue weighted by Crippen LogP contribution is -2.29. The standard InChI is InChI=1S/C10H16BrN3/c1-3-12-6-7-14(2)10-4-5-13-8-9(10)11/h4-5,8,12H,3,6-7H2,1-2H3. The average molecular weight is 258 g/mol. The quantitative estimate of drug-likeness (QED) is 0.817. The van der Waals surface area contributed by atoms with Crippen LogP contribution in [0.25, 0.3) is 0 Å². The first-order chi connectivity index (χ1) is 6.75. The van der Waals surface area contributed by atoms with E-state index in [1.54, 1.807) is 0 Å². The number of anilines is 1. The zero-order chi connectivity index (χ0) is 10.4. The molecule has 3 nitrogen and oxygen atoms in total. The molecular formula is C10H16BrN3. The first-order valence-corrected chi connectivity index (χ1v) is 5.56. The van der Waals surface area contributed by atoms with Gasteiger partial charge in [0.1, 0.15) is 0 Å². The van der Waals surface area contributed by atoms with Gasteiger partial charge >= 0.3 is 0 Å². The van der Waals surface area contributed by atoms with Crippen molar-refractivity contribution >= 4 is 21.6 Å². The Morgan fingerprint density at radius 2 is 2.36 bits per heavy atom. The second kappa shape index (κ2) is 5.98. The molecule has 0 atom stereocenters. The van der Waals surface area contributed by atoms with Crippen molar-refractivity contribution in [2.24, 2.45) is 0 Å². The highest BCUT2D eigenvalue weighted by Crippen LogP contribution is 2.22. The van der Waals surface area contributed by atoms with E-state index in [2.05, 4.69) is 45.1 Å². The number of nitrogens with zero attached hydrogens (tertiary/aromatic N) is 2. The van der Waals surface area contributed by atoms with Crippen LogP contribution >= 0.6 is 15.9 Å². The molecular weight excluding hydrogens is 242 g/mol. The molecule has 1 N–H and O–H groups in total. The predicted octanol–water partition coefficient (Wildman–Crippen LogP) is 1.89. The van der Waals surface area contributed by atoms with Gasteiger partial charge in [0.2, 0.25) is 0 Å². The molecule has 1 aromatic heterocycles. The summed E-state index contributed by atoms with van der Waals surface area (Å²) < 4.78 is 1.04. The van der Waals surface area contributed by atoms with Crippen molar-refractivity contribution in [1.82, 2.24) is 10.3 Å². The molecule has 0 aliphatic heterocycles. The third-order valence-corrected chi connectivity index (χ3v) is 2.65. The number of aromatic nitrogens is 1. The molecule has 0 bridgehead atoms. The summed E-state index contributed by atoms with van der Waals surface area (Å²) in [6.45, 7) is 5.13. The molecule has 78 valence electrons. The molecule has 0 radical (unpaired) electrons. The summed E-state index contributed by atoms with van der Waals surface area (Å²) in [5.74, 6) is 0. The Balaban J connectivity index is 2.51. The van der Waals surface area contributed by atoms with E-state index in [4.69, 9.17) is 0 Å². The lowest BCUT2D eigenvalue weighted by molar-refractivity contribution is 0.705. The summed E-state index contributed by atoms with van der Waals surface area (Å²) in [4.78, 5) is 6.24. The summed E-state index contributed by atoms with van der Waals surface area (Å²) in [7, 11) is 2.08. The normalized spacial score (nSPS) is 10.2. The molecule has 0 unspecified atom stereocenters. The number of hydrogen-bond acceptors (Lipinski definition) is 3. The zero-order valence-corrected chi connectivity index (χ0v) is 10.2. The maximum absolute atomic E-state index is 4.03. The highest BCUT2D eigenvalue weighted by molar-refractivity contribution is 9.10. The monoisotopic (exact) mass is 257 g/mol. The van der Waals surface area contributed by atoms with E-state index in [0.717, 1.165) is 24.1 Å². The fourth-order valence-electron chi connectivity index (χ4n) is 1.22. The van der Waals surface area contributed by atoms with Gasteiger partial charge in [-0.3, -0.25) is 4.98 Å². The average Bonchev–Trinajstić information content (AvgIpc) is 2.18. The smallest absolute Gasteiger partial charge is 0.0592 e. The minimum absolute atomic E-state index is 0.996. The summed E-state index contributed by atoms with van der Waals surface area (Å²) in [6, 6.07) is 2.01. The molecule has 0 aliphatic carbocycles. The number of hydrogen-bond donors (Lipinski definition) is 1. The molecule has 1 rings (SSSR count). The van der Waals surface area contributed by atoms with Gasteiger partial charge in [-0.25, -0.2) is 0 Å². The molecule has 4 heteroatoms. The zero-order valence-electron chi connectivity index (χ0n) is 8.63. The van der Waals surface area contributed by atoms with Crippen LogP contribution in [0.4, 0.5) is 5.69 Å². The third kappa shape index (κ3) is 3.27. The minimum Gasteiger partial charge on any atom is -0.372 e. The Labute approximate surface area is 93.7 Å². The summed E-state index contributed by atoms with van der Waals surface area (Å²) in [6.07, 6.45) is 3.63. The van der Waals surface area contributed by atoms with Gasteiger partial charge in [-0.05, 0) is 28.5 Å². The van der Waals surface area contributed by atoms with Crippen molar-refractivity contribution < 1.29 is 0 Å². The van der Waals surface area contributed by atoms with E-state index in [1.165, 1.54) is 5.69 Å². The van der Waals surface area contributed by atoms with Crippen LogP contribution in [-0.4, -0.2) is 31.7 Å². The maximum atomic E-state index is 4.03. The van der Waals surface area contributed by atoms with Crippen molar-refractivity contribution in [2.45, 2.75) is 6.92 Å². The van der Waals surface area contributed by atoms with E-state index in [9.17, 15) is 0 Å². The van der Waals surface area contributed by atoms with E-state index >= 15 is 0 Å². The maximum Gasteiger partial charge on any atom is 0.0592 e. The van der Waals surface area contributed by atoms with Crippen LogP contribution in [0.15, 0.2) is 22.9 Å². The number of rotatable bonds is 5. The molecule has 14 heavy (non-hydrogen) atoms. The number of likely N-dealkylation sites (N-methyl/N-ethyl adjacent to an activating group) is 2. The molecule has 1 aromatic rings. The lowest BCUT2D eigenvalue weighted by Gasteiger charge is -2.20. The SMILES string of the molecule is CCNCCN(C)c1ccncc1Br. The van der Waals surface area contributed by atoms with Gasteiger partial charge in [0.05, 0.1) is 10.2 Å². The Kier molecular flexibility index (Phi) is 4.90. The van der Waals surface area contributed by atoms with Crippen molar-refractivity contribution in [3.05, 3.63) is 22.9 Å². The van der Waals surface area contributed by atoms with Crippen LogP contribution in [0.3, 0.4) is 0 Å². The van der Waals surface area contributed by atoms with E-state index in [-0.39, 0.29) is 0 Å². The van der Waals surface area contributed by atoms with Gasteiger partial charge in [0, 0.05) is 32.5 Å². The fraction of sp³-hybridized carbons (Fsp3) is 0.500. The summed E-state index contributed by atoms with van der Waals surface area (Å²) in [5, 5.41) is 3.30. The molecule has 0 aliphatic rings. The van der Waals surface area contributed by atoms with Crippen LogP contribution in [0, 0.1) is 0 Å². The Hall–Kier alpha value is -0.610. The Morgan fingerprint density at radius 1 is 1.57 bits per heavy atom. The molecule has 0 fully saturated rings. The highest BCUT2D eigenvalue weighted by Gasteiger charge is 2.03. The Bertz CT molecular complexity index is 278. The fourth-order valence-corrected chi connectivity index (χ4v) is 1.77. The van der Waals surface area contributed by atoms with Gasteiger partial charge in [-0.1, -0.05) is 6.92 Å². The van der Waals surface area contributed by atoms with Crippen LogP contribution in [0.2, 0.25) is 0 Å². The largest absolute Gasteiger partial charge is 0.372 e. The molecule has 0 amide bonds. The minimum atomic E-state index is 0.996. The van der Waals surface area contributed by atoms with Gasteiger partial charge in [-0.15, -0.1) is 0 Å². The number of nitrogens with one attached hydrogen (secondary N) is 1. The molecule has 0 aromatic carbocycles. The van der Waals surface area contributed by atoms with Gasteiger partial charge < -0.3 is 10.2 Å². The van der Waals surface area contributed by atoms with Crippen LogP contribution in [0.5, 0.6) is 0 Å². The van der Waals surface area contributed by atoms with E-state index < -0.39 is 0 Å². The molecule has 1 heterocycles. The molecule has 0 saturated carbocycles. The summed E-state index contributed by atoms with van der Waals surface area (Å²) >= 11 is 3.48. The van der Waals surface area contributed by atoms with Crippen molar-refractivity contribution in [3.8, 4) is 0 Å². The van der Waals surface area contributed by atoms with E-state index in [0.29, 0.717) is 0 Å². The second-order valence-corrected chi connectivity index (χ2v) is 3.96. The van der Waals surface area contributed by atoms with E-state index in [1.807, 2.05) is 18.5 Å². The molecule has 0 saturated heterocycles. The number of halogens is 1. The van der Waals surface area contributed by atoms with Gasteiger partial charge in [0.15, 0.2) is 0 Å². The predicted molar refractivity (Wildman–Crippen MR) is 63.8 cm³/mol. The topological polar surface area (TPSA) is 28.2 Å². The van der Waals surface area contributed by atoms with Crippen molar-refractivity contribution in [3.63, 3.8) is 0 Å². The molecule has 0 spiro atoms. The first kappa shape index (κ1) is 11.5. The van der Waals surface area contributed by atoms with Crippen LogP contribution in [0.1, 0.15) is 6.92 Å². The second-order valence-electron chi connectivity index (χ2n) is 3.10. The van der Waals surface area contributed by atoms with Crippen LogP contribution in [-0.2, 0) is 0 Å². The van der Waals surface area contributed by atoms with Crippen molar-refractivity contribution in [2.75, 3.05) is 31.6 Å². The highest BCUT2D eigenvalue weighted by atomic mass is 79.9. The van der Waals surface area contributed by atoms with Gasteiger partial charge in [0.25, 0.3) is 0 Å². The third-order valence-electron chi connectivity index (χ3n) is 2.04. The lowest BCUT2D eigenvalue weighted by atomic mass is 10.3. The number of pyridine rings is 1. The van der Waals surface area contributed by atoms with Gasteiger partial charge in [-0.2, -0.15) is 0 Å². The van der Waals surface area contributed by atoms with Crippen LogP contribution < -0.4 is 10.2 Å². The summed E-state index contributed by atoms with van der Waals surface area (Å²) in [5.41, 5.74) is 1.18. The van der Waals surface area contributed by atoms with Crippen molar-refractivity contribution in [1.29, 1.82) is 0 Å². The Morgan fingerprint density at radius 3 is 3.00 bits per heavy atom. The first-order valence-electron chi connectivity index (χ1n) is 4.77.